The first kappa shape index (κ1) is 14.7. The van der Waals surface area contributed by atoms with Gasteiger partial charge in [-0.1, -0.05) is 26.7 Å². The van der Waals surface area contributed by atoms with Crippen LogP contribution >= 0.6 is 11.8 Å². The molecule has 0 spiro atoms. The summed E-state index contributed by atoms with van der Waals surface area (Å²) < 4.78 is 0. The van der Waals surface area contributed by atoms with Crippen LogP contribution in [0.4, 0.5) is 0 Å². The van der Waals surface area contributed by atoms with Crippen LogP contribution in [0.2, 0.25) is 0 Å². The molecule has 2 fully saturated rings. The highest BCUT2D eigenvalue weighted by atomic mass is 32.2. The van der Waals surface area contributed by atoms with E-state index in [0.29, 0.717) is 29.9 Å². The van der Waals surface area contributed by atoms with Gasteiger partial charge in [0.05, 0.1) is 0 Å². The first-order valence-electron chi connectivity index (χ1n) is 7.53. The monoisotopic (exact) mass is 271 g/mol. The smallest absolute Gasteiger partial charge is 0.0462 e. The molecular weight excluding hydrogens is 242 g/mol. The first-order valence-corrected chi connectivity index (χ1v) is 8.68. The fourth-order valence-corrected chi connectivity index (χ4v) is 4.81. The first-order chi connectivity index (χ1) is 8.61. The van der Waals surface area contributed by atoms with E-state index < -0.39 is 0 Å². The summed E-state index contributed by atoms with van der Waals surface area (Å²) in [7, 11) is 0. The molecule has 0 bridgehead atoms. The third-order valence-electron chi connectivity index (χ3n) is 4.58. The lowest BCUT2D eigenvalue weighted by atomic mass is 9.79. The van der Waals surface area contributed by atoms with Crippen molar-refractivity contribution in [1.82, 2.24) is 5.32 Å². The van der Waals surface area contributed by atoms with Gasteiger partial charge in [-0.05, 0) is 48.8 Å². The van der Waals surface area contributed by atoms with Gasteiger partial charge in [0, 0.05) is 18.4 Å². The molecule has 3 atom stereocenters. The zero-order valence-electron chi connectivity index (χ0n) is 12.0. The molecule has 2 nitrogen and oxygen atoms in total. The number of aliphatic hydroxyl groups excluding tert-OH is 1. The average Bonchev–Trinajstić information content (AvgIpc) is 2.35. The molecule has 106 valence electrons. The summed E-state index contributed by atoms with van der Waals surface area (Å²) in [6.07, 6.45) is 6.51. The van der Waals surface area contributed by atoms with Crippen molar-refractivity contribution >= 4 is 11.8 Å². The van der Waals surface area contributed by atoms with E-state index in [1.807, 2.05) is 0 Å². The lowest BCUT2D eigenvalue weighted by Crippen LogP contribution is -2.44. The summed E-state index contributed by atoms with van der Waals surface area (Å²) in [5.41, 5.74) is 0.490. The molecule has 1 aliphatic carbocycles. The van der Waals surface area contributed by atoms with Gasteiger partial charge in [0.25, 0.3) is 0 Å². The SMILES string of the molecule is CC1(C)CSCC(NCC2CCCCC2CO)C1. The van der Waals surface area contributed by atoms with Crippen LogP contribution in [0.15, 0.2) is 0 Å². The Labute approximate surface area is 116 Å². The van der Waals surface area contributed by atoms with Crippen molar-refractivity contribution in [2.75, 3.05) is 24.7 Å². The van der Waals surface area contributed by atoms with Crippen molar-refractivity contribution in [1.29, 1.82) is 0 Å². The normalized spacial score (nSPS) is 36.5. The number of thioether (sulfide) groups is 1. The quantitative estimate of drug-likeness (QED) is 0.824. The Morgan fingerprint density at radius 2 is 1.94 bits per heavy atom. The minimum atomic E-state index is 0.386. The second-order valence-corrected chi connectivity index (χ2v) is 8.01. The molecular formula is C15H29NOS. The van der Waals surface area contributed by atoms with Crippen LogP contribution in [-0.2, 0) is 0 Å². The van der Waals surface area contributed by atoms with E-state index in [1.165, 1.54) is 43.6 Å². The zero-order valence-corrected chi connectivity index (χ0v) is 12.8. The van der Waals surface area contributed by atoms with Gasteiger partial charge in [-0.25, -0.2) is 0 Å². The molecule has 1 aliphatic heterocycles. The maximum atomic E-state index is 9.45. The van der Waals surface area contributed by atoms with Gasteiger partial charge in [0.2, 0.25) is 0 Å². The van der Waals surface area contributed by atoms with Crippen molar-refractivity contribution in [3.05, 3.63) is 0 Å². The number of hydrogen-bond donors (Lipinski definition) is 2. The Kier molecular flexibility index (Phi) is 5.40. The predicted molar refractivity (Wildman–Crippen MR) is 80.0 cm³/mol. The van der Waals surface area contributed by atoms with E-state index >= 15 is 0 Å². The maximum absolute atomic E-state index is 9.45. The van der Waals surface area contributed by atoms with Gasteiger partial charge in [-0.15, -0.1) is 0 Å². The molecule has 1 saturated heterocycles. The summed E-state index contributed by atoms with van der Waals surface area (Å²) >= 11 is 2.09. The van der Waals surface area contributed by atoms with Crippen LogP contribution in [0.1, 0.15) is 46.0 Å². The highest BCUT2D eigenvalue weighted by Gasteiger charge is 2.30. The van der Waals surface area contributed by atoms with Crippen molar-refractivity contribution in [3.8, 4) is 0 Å². The highest BCUT2D eigenvalue weighted by Crippen LogP contribution is 2.34. The van der Waals surface area contributed by atoms with Gasteiger partial charge in [0.15, 0.2) is 0 Å². The van der Waals surface area contributed by atoms with E-state index in [9.17, 15) is 5.11 Å². The molecule has 3 heteroatoms. The molecule has 3 unspecified atom stereocenters. The van der Waals surface area contributed by atoms with Gasteiger partial charge in [0.1, 0.15) is 0 Å². The van der Waals surface area contributed by atoms with Crippen LogP contribution in [0.25, 0.3) is 0 Å². The molecule has 2 aliphatic rings. The minimum Gasteiger partial charge on any atom is -0.396 e. The standard InChI is InChI=1S/C15H29NOS/c1-15(2)7-14(10-18-11-15)16-8-12-5-3-4-6-13(12)9-17/h12-14,16-17H,3-11H2,1-2H3. The Morgan fingerprint density at radius 1 is 1.22 bits per heavy atom. The van der Waals surface area contributed by atoms with Gasteiger partial charge in [-0.2, -0.15) is 11.8 Å². The highest BCUT2D eigenvalue weighted by molar-refractivity contribution is 7.99. The van der Waals surface area contributed by atoms with E-state index in [-0.39, 0.29) is 0 Å². The number of nitrogens with one attached hydrogen (secondary N) is 1. The van der Waals surface area contributed by atoms with E-state index in [4.69, 9.17) is 0 Å². The lowest BCUT2D eigenvalue weighted by Gasteiger charge is -2.37. The van der Waals surface area contributed by atoms with E-state index in [1.54, 1.807) is 0 Å². The molecule has 1 heterocycles. The van der Waals surface area contributed by atoms with Gasteiger partial charge in [-0.3, -0.25) is 0 Å². The molecule has 0 amide bonds. The van der Waals surface area contributed by atoms with Crippen molar-refractivity contribution < 1.29 is 5.11 Å². The topological polar surface area (TPSA) is 32.3 Å². The summed E-state index contributed by atoms with van der Waals surface area (Å²) in [5.74, 6) is 3.82. The number of rotatable bonds is 4. The second-order valence-electron chi connectivity index (χ2n) is 6.98. The Bertz CT molecular complexity index is 257. The summed E-state index contributed by atoms with van der Waals surface area (Å²) in [5, 5.41) is 13.2. The molecule has 0 aromatic heterocycles. The summed E-state index contributed by atoms with van der Waals surface area (Å²) in [6.45, 7) is 6.26. The summed E-state index contributed by atoms with van der Waals surface area (Å²) in [4.78, 5) is 0. The lowest BCUT2D eigenvalue weighted by molar-refractivity contribution is 0.129. The Morgan fingerprint density at radius 3 is 2.61 bits per heavy atom. The maximum Gasteiger partial charge on any atom is 0.0462 e. The zero-order chi connectivity index (χ0) is 13.0. The molecule has 0 radical (unpaired) electrons. The summed E-state index contributed by atoms with van der Waals surface area (Å²) in [6, 6.07) is 0.681. The van der Waals surface area contributed by atoms with Crippen molar-refractivity contribution in [2.24, 2.45) is 17.3 Å². The number of hydrogen-bond acceptors (Lipinski definition) is 3. The predicted octanol–water partition coefficient (Wildman–Crippen LogP) is 2.91. The Hall–Kier alpha value is 0.270. The van der Waals surface area contributed by atoms with Crippen LogP contribution in [0.5, 0.6) is 0 Å². The molecule has 0 aromatic carbocycles. The molecule has 18 heavy (non-hydrogen) atoms. The third-order valence-corrected chi connectivity index (χ3v) is 6.20. The number of aliphatic hydroxyl groups is 1. The largest absolute Gasteiger partial charge is 0.396 e. The minimum absolute atomic E-state index is 0.386. The Balaban J connectivity index is 1.76. The second kappa shape index (κ2) is 6.62. The molecule has 1 saturated carbocycles. The van der Waals surface area contributed by atoms with E-state index in [2.05, 4.69) is 30.9 Å². The molecule has 2 rings (SSSR count). The fraction of sp³-hybridized carbons (Fsp3) is 1.00. The fourth-order valence-electron chi connectivity index (χ4n) is 3.51. The van der Waals surface area contributed by atoms with Gasteiger partial charge >= 0.3 is 0 Å². The van der Waals surface area contributed by atoms with Crippen LogP contribution < -0.4 is 5.32 Å². The van der Waals surface area contributed by atoms with Crippen LogP contribution in [0.3, 0.4) is 0 Å². The van der Waals surface area contributed by atoms with E-state index in [0.717, 1.165) is 6.54 Å². The molecule has 2 N–H and O–H groups in total. The third kappa shape index (κ3) is 4.14. The van der Waals surface area contributed by atoms with Crippen molar-refractivity contribution in [2.45, 2.75) is 52.0 Å². The molecule has 0 aromatic rings. The average molecular weight is 271 g/mol. The van der Waals surface area contributed by atoms with Gasteiger partial charge < -0.3 is 10.4 Å². The van der Waals surface area contributed by atoms with Crippen LogP contribution in [0, 0.1) is 17.3 Å². The van der Waals surface area contributed by atoms with Crippen LogP contribution in [-0.4, -0.2) is 35.8 Å². The van der Waals surface area contributed by atoms with Crippen molar-refractivity contribution in [3.63, 3.8) is 0 Å².